The van der Waals surface area contributed by atoms with E-state index in [0.717, 1.165) is 78.8 Å². The molecule has 3 nitrogen and oxygen atoms in total. The van der Waals surface area contributed by atoms with Crippen molar-refractivity contribution in [3.63, 3.8) is 0 Å². The summed E-state index contributed by atoms with van der Waals surface area (Å²) >= 11 is 0. The van der Waals surface area contributed by atoms with Gasteiger partial charge in [-0.3, -0.25) is 0 Å². The number of hydrogen-bond acceptors (Lipinski definition) is 3. The number of fused-ring (bicyclic) bond motifs is 10. The Morgan fingerprint density at radius 3 is 1.98 bits per heavy atom. The van der Waals surface area contributed by atoms with Gasteiger partial charge in [-0.1, -0.05) is 140 Å². The molecular formula is C55H35NO2. The average Bonchev–Trinajstić information content (AvgIpc) is 3.77. The third-order valence-corrected chi connectivity index (χ3v) is 11.9. The van der Waals surface area contributed by atoms with Crippen LogP contribution in [0.1, 0.15) is 11.3 Å². The highest BCUT2D eigenvalue weighted by molar-refractivity contribution is 6.14. The molecule has 0 saturated carbocycles. The van der Waals surface area contributed by atoms with E-state index in [1.54, 1.807) is 0 Å². The molecule has 0 amide bonds. The summed E-state index contributed by atoms with van der Waals surface area (Å²) in [7, 11) is 0. The fraction of sp³-hybridized carbons (Fsp3) is 0.0182. The van der Waals surface area contributed by atoms with Crippen LogP contribution in [0.15, 0.2) is 197 Å². The SMILES string of the molecule is C1=c2ccccc2=Cc2c(oc3cccc(-c4ccccc4N(c4ccc(-c5cc6ccccc6c6ccccc56)cc4)c4ccc5c(c4)oc4ccccc45)c23)C1. The highest BCUT2D eigenvalue weighted by Crippen LogP contribution is 2.46. The highest BCUT2D eigenvalue weighted by atomic mass is 16.3. The van der Waals surface area contributed by atoms with Gasteiger partial charge in [-0.2, -0.15) is 0 Å². The summed E-state index contributed by atoms with van der Waals surface area (Å²) in [5.74, 6) is 0.986. The van der Waals surface area contributed by atoms with Crippen molar-refractivity contribution in [2.24, 2.45) is 0 Å². The molecule has 0 atom stereocenters. The van der Waals surface area contributed by atoms with E-state index in [4.69, 9.17) is 8.83 Å². The van der Waals surface area contributed by atoms with Crippen LogP contribution in [-0.2, 0) is 6.42 Å². The molecule has 58 heavy (non-hydrogen) atoms. The van der Waals surface area contributed by atoms with Crippen molar-refractivity contribution in [2.75, 3.05) is 4.90 Å². The van der Waals surface area contributed by atoms with E-state index in [-0.39, 0.29) is 0 Å². The van der Waals surface area contributed by atoms with Gasteiger partial charge >= 0.3 is 0 Å². The molecule has 0 radical (unpaired) electrons. The molecule has 9 aromatic carbocycles. The standard InChI is InChI=1S/C55H35NO2/c1-2-13-37-32-49-52(31-26-35(37)12-1)57-53-23-11-20-47(55(49)53)44-18-7-9-21-50(44)56(40-29-30-46-45-19-8-10-22-51(45)58-54(46)34-40)39-27-24-36(25-28-39)48-33-38-14-3-4-15-41(38)42-16-5-6-17-43(42)48/h1-30,32-34H,31H2. The fourth-order valence-electron chi connectivity index (χ4n) is 9.20. The van der Waals surface area contributed by atoms with Crippen LogP contribution in [-0.4, -0.2) is 0 Å². The average molecular weight is 742 g/mol. The first kappa shape index (κ1) is 32.6. The van der Waals surface area contributed by atoms with Gasteiger partial charge in [0.2, 0.25) is 0 Å². The minimum Gasteiger partial charge on any atom is -0.460 e. The smallest absolute Gasteiger partial charge is 0.137 e. The van der Waals surface area contributed by atoms with Gasteiger partial charge in [-0.05, 0) is 103 Å². The Kier molecular flexibility index (Phi) is 7.29. The molecular weight excluding hydrogens is 707 g/mol. The van der Waals surface area contributed by atoms with E-state index < -0.39 is 0 Å². The number of furan rings is 2. The van der Waals surface area contributed by atoms with Crippen molar-refractivity contribution in [3.05, 3.63) is 210 Å². The first-order valence-electron chi connectivity index (χ1n) is 19.9. The van der Waals surface area contributed by atoms with E-state index >= 15 is 0 Å². The molecule has 0 N–H and O–H groups in total. The molecule has 1 aliphatic carbocycles. The zero-order valence-electron chi connectivity index (χ0n) is 31.5. The Morgan fingerprint density at radius 1 is 0.414 bits per heavy atom. The van der Waals surface area contributed by atoms with Gasteiger partial charge in [0.15, 0.2) is 0 Å². The third-order valence-electron chi connectivity index (χ3n) is 11.9. The second kappa shape index (κ2) is 13.0. The largest absolute Gasteiger partial charge is 0.460 e. The number of anilines is 3. The third kappa shape index (κ3) is 5.14. The van der Waals surface area contributed by atoms with Crippen molar-refractivity contribution in [2.45, 2.75) is 6.42 Å². The van der Waals surface area contributed by atoms with Crippen molar-refractivity contribution >= 4 is 83.7 Å². The number of para-hydroxylation sites is 2. The van der Waals surface area contributed by atoms with E-state index in [0.29, 0.717) is 0 Å². The van der Waals surface area contributed by atoms with Crippen LogP contribution < -0.4 is 15.3 Å². The summed E-state index contributed by atoms with van der Waals surface area (Å²) < 4.78 is 13.1. The predicted octanol–water partition coefficient (Wildman–Crippen LogP) is 13.6. The van der Waals surface area contributed by atoms with Crippen molar-refractivity contribution in [3.8, 4) is 22.3 Å². The maximum absolute atomic E-state index is 6.63. The minimum atomic E-state index is 0.737. The summed E-state index contributed by atoms with van der Waals surface area (Å²) in [6.07, 6.45) is 5.31. The summed E-state index contributed by atoms with van der Waals surface area (Å²) in [6.45, 7) is 0. The zero-order valence-corrected chi connectivity index (χ0v) is 31.5. The van der Waals surface area contributed by atoms with Crippen LogP contribution in [0.25, 0.3) is 88.9 Å². The predicted molar refractivity (Wildman–Crippen MR) is 241 cm³/mol. The Hall–Kier alpha value is -7.62. The number of hydrogen-bond donors (Lipinski definition) is 0. The highest BCUT2D eigenvalue weighted by Gasteiger charge is 2.23. The maximum Gasteiger partial charge on any atom is 0.137 e. The number of rotatable bonds is 5. The molecule has 0 aliphatic heterocycles. The molecule has 11 aromatic rings. The maximum atomic E-state index is 6.63. The first-order valence-corrected chi connectivity index (χ1v) is 19.9. The topological polar surface area (TPSA) is 29.5 Å². The van der Waals surface area contributed by atoms with Gasteiger partial charge in [0.25, 0.3) is 0 Å². The molecule has 12 rings (SSSR count). The van der Waals surface area contributed by atoms with Crippen molar-refractivity contribution < 1.29 is 8.83 Å². The van der Waals surface area contributed by atoms with Crippen LogP contribution in [0.2, 0.25) is 0 Å². The molecule has 272 valence electrons. The summed E-state index contributed by atoms with van der Waals surface area (Å²) in [5.41, 5.74) is 11.5. The van der Waals surface area contributed by atoms with E-state index in [1.807, 2.05) is 12.1 Å². The van der Waals surface area contributed by atoms with Crippen molar-refractivity contribution in [1.29, 1.82) is 0 Å². The molecule has 3 heteroatoms. The summed E-state index contributed by atoms with van der Waals surface area (Å²) in [6, 6.07) is 67.4. The molecule has 0 spiro atoms. The lowest BCUT2D eigenvalue weighted by molar-refractivity contribution is 0.568. The lowest BCUT2D eigenvalue weighted by Gasteiger charge is -2.28. The normalized spacial score (nSPS) is 12.3. The van der Waals surface area contributed by atoms with Crippen LogP contribution in [0.3, 0.4) is 0 Å². The Balaban J connectivity index is 1.07. The molecule has 0 fully saturated rings. The molecule has 0 saturated heterocycles. The fourth-order valence-corrected chi connectivity index (χ4v) is 9.20. The van der Waals surface area contributed by atoms with Gasteiger partial charge in [-0.25, -0.2) is 0 Å². The van der Waals surface area contributed by atoms with Gasteiger partial charge in [0.1, 0.15) is 22.5 Å². The van der Waals surface area contributed by atoms with Gasteiger partial charge in [0.05, 0.1) is 5.69 Å². The number of nitrogens with zero attached hydrogens (tertiary/aromatic N) is 1. The molecule has 0 bridgehead atoms. The number of benzene rings is 9. The first-order chi connectivity index (χ1) is 28.7. The molecule has 1 aliphatic rings. The Labute approximate surface area is 334 Å². The lowest BCUT2D eigenvalue weighted by atomic mass is 9.93. The minimum absolute atomic E-state index is 0.737. The quantitative estimate of drug-likeness (QED) is 0.165. The molecule has 2 heterocycles. The van der Waals surface area contributed by atoms with Crippen LogP contribution in [0, 0.1) is 0 Å². The van der Waals surface area contributed by atoms with Crippen LogP contribution in [0.4, 0.5) is 17.1 Å². The van der Waals surface area contributed by atoms with Crippen LogP contribution in [0.5, 0.6) is 0 Å². The second-order valence-electron chi connectivity index (χ2n) is 15.2. The second-order valence-corrected chi connectivity index (χ2v) is 15.2. The monoisotopic (exact) mass is 741 g/mol. The van der Waals surface area contributed by atoms with E-state index in [9.17, 15) is 0 Å². The molecule has 2 aromatic heterocycles. The van der Waals surface area contributed by atoms with Gasteiger partial charge in [0, 0.05) is 51.1 Å². The van der Waals surface area contributed by atoms with E-state index in [2.05, 4.69) is 193 Å². The van der Waals surface area contributed by atoms with E-state index in [1.165, 1.54) is 43.1 Å². The molecule has 0 unspecified atom stereocenters. The zero-order chi connectivity index (χ0) is 38.2. The lowest BCUT2D eigenvalue weighted by Crippen LogP contribution is -2.22. The van der Waals surface area contributed by atoms with Gasteiger partial charge < -0.3 is 13.7 Å². The van der Waals surface area contributed by atoms with Crippen molar-refractivity contribution in [1.82, 2.24) is 0 Å². The Morgan fingerprint density at radius 2 is 1.09 bits per heavy atom. The van der Waals surface area contributed by atoms with Crippen LogP contribution >= 0.6 is 0 Å². The Bertz CT molecular complexity index is 3550. The van der Waals surface area contributed by atoms with Gasteiger partial charge in [-0.15, -0.1) is 0 Å². The summed E-state index contributed by atoms with van der Waals surface area (Å²) in [4.78, 5) is 2.37. The summed E-state index contributed by atoms with van der Waals surface area (Å²) in [5, 5.41) is 10.8.